The van der Waals surface area contributed by atoms with E-state index in [4.69, 9.17) is 23.7 Å². The first-order valence-corrected chi connectivity index (χ1v) is 21.1. The number of cyclic esters (lactones) is 1. The van der Waals surface area contributed by atoms with Crippen molar-refractivity contribution >= 4 is 39.3 Å². The molecule has 1 aromatic carbocycles. The molecule has 0 unspecified atom stereocenters. The summed E-state index contributed by atoms with van der Waals surface area (Å²) in [6, 6.07) is 3.05. The summed E-state index contributed by atoms with van der Waals surface area (Å²) < 4.78 is 59.4. The zero-order valence-corrected chi connectivity index (χ0v) is 36.0. The fourth-order valence-electron chi connectivity index (χ4n) is 8.86. The van der Waals surface area contributed by atoms with Gasteiger partial charge in [0.05, 0.1) is 33.7 Å². The molecule has 0 aromatic heterocycles. The number of nitro benzene ring substituents is 1. The largest absolute Gasteiger partial charge is 0.458 e. The van der Waals surface area contributed by atoms with Crippen LogP contribution in [0.1, 0.15) is 74.7 Å². The van der Waals surface area contributed by atoms with Crippen LogP contribution in [0, 0.1) is 33.8 Å². The third-order valence-corrected chi connectivity index (χ3v) is 13.6. The average molecular weight is 841 g/mol. The van der Waals surface area contributed by atoms with Crippen molar-refractivity contribution in [2.75, 3.05) is 34.3 Å². The molecule has 4 rings (SSSR count). The van der Waals surface area contributed by atoms with Gasteiger partial charge in [-0.25, -0.2) is 17.9 Å². The summed E-state index contributed by atoms with van der Waals surface area (Å²) >= 11 is 0. The summed E-state index contributed by atoms with van der Waals surface area (Å²) in [5.74, 6) is -5.94. The van der Waals surface area contributed by atoms with Gasteiger partial charge in [0.25, 0.3) is 5.69 Å². The number of aliphatic hydroxyl groups excluding tert-OH is 1. The molecular weight excluding hydrogens is 781 g/mol. The van der Waals surface area contributed by atoms with E-state index in [0.717, 1.165) is 12.1 Å². The summed E-state index contributed by atoms with van der Waals surface area (Å²) in [6.07, 6.45) is -5.16. The molecule has 3 aliphatic rings. The first kappa shape index (κ1) is 47.1. The number of carbonyl (C=O) groups excluding carboxylic acids is 4. The zero-order chi connectivity index (χ0) is 43.7. The zero-order valence-electron chi connectivity index (χ0n) is 35.2. The monoisotopic (exact) mass is 840 g/mol. The average Bonchev–Trinajstić information content (AvgIpc) is 3.43. The van der Waals surface area contributed by atoms with E-state index >= 15 is 0 Å². The Bertz CT molecular complexity index is 1810. The highest BCUT2D eigenvalue weighted by molar-refractivity contribution is 7.89. The molecule has 0 saturated carbocycles. The van der Waals surface area contributed by atoms with E-state index in [1.807, 2.05) is 25.9 Å². The van der Waals surface area contributed by atoms with Gasteiger partial charge >= 0.3 is 12.1 Å². The van der Waals surface area contributed by atoms with Crippen LogP contribution < -0.4 is 4.72 Å². The molecule has 1 aromatic rings. The van der Waals surface area contributed by atoms with Crippen molar-refractivity contribution in [3.05, 3.63) is 34.4 Å². The number of esters is 1. The summed E-state index contributed by atoms with van der Waals surface area (Å²) in [6.45, 7) is 12.4. The number of hydrogen-bond acceptors (Lipinski definition) is 15. The standard InChI is InChI=1S/C39H60N4O14S/c1-12-29-39(8)33(42(37(48)57-39)17-16-40-58(51,52)27-15-13-14-26(19-27)43(49)50)23(4)30(44)21(2)20-38(7,53-11)34(24(5)31(45)25(6)35(47)55-29)56-36-32(46)28(41(9)10)18-22(3)54-36/h13-15,19,21-25,28-29,32-34,36,40,46H,12,16-18,20H2,1-11H3/t21-,22-,23+,24-,25-,28+,29-,32-,33+,34-,36+,38-,39-/m1/s1. The number of carbonyl (C=O) groups is 4. The molecule has 0 spiro atoms. The number of hydrogen-bond donors (Lipinski definition) is 2. The van der Waals surface area contributed by atoms with Gasteiger partial charge in [0, 0.05) is 56.1 Å². The Balaban J connectivity index is 1.73. The second kappa shape index (κ2) is 18.4. The second-order valence-corrected chi connectivity index (χ2v) is 18.3. The molecule has 3 fully saturated rings. The number of ketones is 2. The minimum absolute atomic E-state index is 0.00171. The van der Waals surface area contributed by atoms with Crippen molar-refractivity contribution < 1.29 is 61.3 Å². The van der Waals surface area contributed by atoms with E-state index in [1.54, 1.807) is 41.5 Å². The minimum atomic E-state index is -4.28. The number of aliphatic hydroxyl groups is 1. The molecule has 3 heterocycles. The van der Waals surface area contributed by atoms with Crippen LogP contribution in [0.3, 0.4) is 0 Å². The van der Waals surface area contributed by atoms with E-state index in [1.165, 1.54) is 31.1 Å². The number of fused-ring (bicyclic) bond motifs is 1. The van der Waals surface area contributed by atoms with E-state index in [0.29, 0.717) is 6.42 Å². The Hall–Kier alpha value is -3.59. The highest BCUT2D eigenvalue weighted by atomic mass is 32.2. The van der Waals surface area contributed by atoms with Crippen LogP contribution in [-0.4, -0.2) is 140 Å². The first-order valence-electron chi connectivity index (χ1n) is 19.7. The van der Waals surface area contributed by atoms with Gasteiger partial charge in [0.1, 0.15) is 23.9 Å². The molecule has 0 bridgehead atoms. The van der Waals surface area contributed by atoms with Crippen LogP contribution in [0.15, 0.2) is 29.2 Å². The number of non-ortho nitro benzene ring substituents is 1. The molecule has 0 aliphatic carbocycles. The number of nitrogens with zero attached hydrogens (tertiary/aromatic N) is 3. The first-order chi connectivity index (χ1) is 26.9. The molecule has 19 heteroatoms. The Labute approximate surface area is 340 Å². The molecule has 3 saturated heterocycles. The maximum absolute atomic E-state index is 14.6. The fourth-order valence-corrected chi connectivity index (χ4v) is 9.92. The van der Waals surface area contributed by atoms with Gasteiger partial charge < -0.3 is 33.7 Å². The van der Waals surface area contributed by atoms with E-state index in [2.05, 4.69) is 4.72 Å². The molecule has 13 atom stereocenters. The van der Waals surface area contributed by atoms with Crippen molar-refractivity contribution in [3.8, 4) is 0 Å². The number of benzene rings is 1. The Morgan fingerprint density at radius 2 is 1.72 bits per heavy atom. The maximum Gasteiger partial charge on any atom is 0.410 e. The summed E-state index contributed by atoms with van der Waals surface area (Å²) in [5, 5.41) is 22.7. The number of amides is 1. The fraction of sp³-hybridized carbons (Fsp3) is 0.744. The highest BCUT2D eigenvalue weighted by Gasteiger charge is 2.60. The molecule has 2 N–H and O–H groups in total. The van der Waals surface area contributed by atoms with Gasteiger partial charge in [-0.2, -0.15) is 0 Å². The lowest BCUT2D eigenvalue weighted by atomic mass is 9.73. The third kappa shape index (κ3) is 9.55. The quantitative estimate of drug-likeness (QED) is 0.141. The highest BCUT2D eigenvalue weighted by Crippen LogP contribution is 2.43. The Morgan fingerprint density at radius 3 is 2.31 bits per heavy atom. The predicted octanol–water partition coefficient (Wildman–Crippen LogP) is 3.08. The lowest BCUT2D eigenvalue weighted by Crippen LogP contribution is -2.60. The lowest BCUT2D eigenvalue weighted by Gasteiger charge is -2.47. The van der Waals surface area contributed by atoms with Gasteiger partial charge in [-0.3, -0.25) is 29.4 Å². The topological polar surface area (TPSA) is 230 Å². The van der Waals surface area contributed by atoms with Crippen LogP contribution in [-0.2, 0) is 48.1 Å². The molecule has 326 valence electrons. The smallest absolute Gasteiger partial charge is 0.410 e. The van der Waals surface area contributed by atoms with Gasteiger partial charge in [-0.15, -0.1) is 0 Å². The molecule has 1 amide bonds. The van der Waals surface area contributed by atoms with Crippen LogP contribution in [0.4, 0.5) is 10.5 Å². The number of ether oxygens (including phenoxy) is 5. The van der Waals surface area contributed by atoms with Gasteiger partial charge in [0.15, 0.2) is 17.7 Å². The van der Waals surface area contributed by atoms with E-state index in [-0.39, 0.29) is 48.8 Å². The summed E-state index contributed by atoms with van der Waals surface area (Å²) in [4.78, 5) is 69.8. The molecule has 18 nitrogen and oxygen atoms in total. The molecule has 0 radical (unpaired) electrons. The van der Waals surface area contributed by atoms with E-state index in [9.17, 15) is 42.8 Å². The van der Waals surface area contributed by atoms with Crippen LogP contribution in [0.2, 0.25) is 0 Å². The predicted molar refractivity (Wildman–Crippen MR) is 208 cm³/mol. The number of nitrogens with one attached hydrogen (secondary N) is 1. The molecule has 3 aliphatic heterocycles. The van der Waals surface area contributed by atoms with Gasteiger partial charge in [-0.05, 0) is 67.1 Å². The number of methoxy groups -OCH3 is 1. The number of likely N-dealkylation sites (N-methyl/N-ethyl adjacent to an activating group) is 1. The van der Waals surface area contributed by atoms with E-state index < -0.39 is 104 Å². The molecular formula is C39H60N4O14S. The number of sulfonamides is 1. The summed E-state index contributed by atoms with van der Waals surface area (Å²) in [5.41, 5.74) is -3.45. The summed E-state index contributed by atoms with van der Waals surface area (Å²) in [7, 11) is 0.793. The van der Waals surface area contributed by atoms with Crippen molar-refractivity contribution in [1.82, 2.24) is 14.5 Å². The van der Waals surface area contributed by atoms with Gasteiger partial charge in [-0.1, -0.05) is 33.8 Å². The number of rotatable bonds is 11. The van der Waals surface area contributed by atoms with Crippen LogP contribution in [0.25, 0.3) is 0 Å². The van der Waals surface area contributed by atoms with Crippen LogP contribution in [0.5, 0.6) is 0 Å². The SMILES string of the molecule is CC[C@H]1OC(=O)[C@H](C)C(=O)[C@@H](C)[C@@H](O[C@@H]2O[C@H](C)C[C@H](N(C)C)[C@H]2O)[C@](C)(OC)C[C@@H](C)C(=O)[C@H](C)[C@@H]2N(CCNS(=O)(=O)c3cccc([N+](=O)[O-])c3)C(=O)O[C@@]21C. The second-order valence-electron chi connectivity index (χ2n) is 16.5. The van der Waals surface area contributed by atoms with Crippen molar-refractivity contribution in [1.29, 1.82) is 0 Å². The molecule has 58 heavy (non-hydrogen) atoms. The normalized spacial score (nSPS) is 36.9. The minimum Gasteiger partial charge on any atom is -0.458 e. The van der Waals surface area contributed by atoms with Crippen molar-refractivity contribution in [2.45, 2.75) is 134 Å². The Kier molecular flexibility index (Phi) is 14.9. The number of nitro groups is 1. The third-order valence-electron chi connectivity index (χ3n) is 12.1. The van der Waals surface area contributed by atoms with Crippen molar-refractivity contribution in [2.24, 2.45) is 23.7 Å². The number of Topliss-reactive ketones (excluding diaryl/α,β-unsaturated/α-hetero) is 2. The van der Waals surface area contributed by atoms with Crippen molar-refractivity contribution in [3.63, 3.8) is 0 Å². The van der Waals surface area contributed by atoms with Gasteiger partial charge in [0.2, 0.25) is 10.0 Å². The lowest BCUT2D eigenvalue weighted by molar-refractivity contribution is -0.385. The Morgan fingerprint density at radius 1 is 1.07 bits per heavy atom. The maximum atomic E-state index is 14.6. The van der Waals surface area contributed by atoms with Crippen LogP contribution >= 0.6 is 0 Å².